The molecule has 3 unspecified atom stereocenters. The van der Waals surface area contributed by atoms with Crippen molar-refractivity contribution in [1.29, 1.82) is 0 Å². The number of carbonyl (C=O) groups excluding carboxylic acids is 4. The molecule has 0 radical (unpaired) electrons. The summed E-state index contributed by atoms with van der Waals surface area (Å²) in [5.74, 6) is -1.84. The van der Waals surface area contributed by atoms with Gasteiger partial charge in [0.1, 0.15) is 6.04 Å². The summed E-state index contributed by atoms with van der Waals surface area (Å²) in [7, 11) is 0. The van der Waals surface area contributed by atoms with Crippen molar-refractivity contribution in [2.24, 2.45) is 0 Å². The van der Waals surface area contributed by atoms with Gasteiger partial charge in [-0.25, -0.2) is 0 Å². The van der Waals surface area contributed by atoms with Crippen molar-refractivity contribution < 1.29 is 19.2 Å². The van der Waals surface area contributed by atoms with Gasteiger partial charge in [0, 0.05) is 31.6 Å². The Balaban J connectivity index is 1.50. The van der Waals surface area contributed by atoms with Crippen molar-refractivity contribution in [1.82, 2.24) is 15.5 Å². The first-order valence-corrected chi connectivity index (χ1v) is 9.38. The number of piperazine rings is 1. The minimum atomic E-state index is -0.929. The summed E-state index contributed by atoms with van der Waals surface area (Å²) in [6.07, 6.45) is 2.53. The normalized spacial score (nSPS) is 30.0. The van der Waals surface area contributed by atoms with Crippen LogP contribution in [0.5, 0.6) is 0 Å². The van der Waals surface area contributed by atoms with Gasteiger partial charge in [-0.05, 0) is 31.4 Å². The second-order valence-electron chi connectivity index (χ2n) is 7.69. The molecule has 140 valence electrons. The molecule has 0 aliphatic carbocycles. The van der Waals surface area contributed by atoms with Gasteiger partial charge in [-0.2, -0.15) is 0 Å². The Bertz CT molecular complexity index is 870. The molecule has 3 atom stereocenters. The fourth-order valence-corrected chi connectivity index (χ4v) is 4.75. The van der Waals surface area contributed by atoms with Crippen molar-refractivity contribution in [2.45, 2.75) is 43.8 Å². The van der Waals surface area contributed by atoms with Gasteiger partial charge in [0.15, 0.2) is 0 Å². The minimum absolute atomic E-state index is 0.123. The Kier molecular flexibility index (Phi) is 3.58. The Morgan fingerprint density at radius 1 is 0.926 bits per heavy atom. The highest BCUT2D eigenvalue weighted by molar-refractivity contribution is 6.25. The predicted molar refractivity (Wildman–Crippen MR) is 95.3 cm³/mol. The van der Waals surface area contributed by atoms with Crippen LogP contribution in [0, 0.1) is 0 Å². The Morgan fingerprint density at radius 3 is 2.37 bits per heavy atom. The fourth-order valence-electron chi connectivity index (χ4n) is 4.75. The molecule has 4 aliphatic heterocycles. The van der Waals surface area contributed by atoms with Gasteiger partial charge in [0.05, 0.1) is 16.8 Å². The van der Waals surface area contributed by atoms with Crippen molar-refractivity contribution in [3.05, 3.63) is 29.3 Å². The van der Waals surface area contributed by atoms with Crippen LogP contribution in [0.2, 0.25) is 0 Å². The second kappa shape index (κ2) is 5.88. The van der Waals surface area contributed by atoms with Crippen molar-refractivity contribution in [3.63, 3.8) is 0 Å². The highest BCUT2D eigenvalue weighted by Gasteiger charge is 2.46. The molecule has 4 heterocycles. The first-order valence-electron chi connectivity index (χ1n) is 9.38. The Labute approximate surface area is 155 Å². The minimum Gasteiger partial charge on any atom is -0.368 e. The number of imide groups is 2. The number of hydrogen-bond acceptors (Lipinski definition) is 6. The van der Waals surface area contributed by atoms with Gasteiger partial charge in [0.25, 0.3) is 11.8 Å². The zero-order valence-corrected chi connectivity index (χ0v) is 14.7. The third kappa shape index (κ3) is 2.47. The topological polar surface area (TPSA) is 98.8 Å². The van der Waals surface area contributed by atoms with E-state index >= 15 is 0 Å². The van der Waals surface area contributed by atoms with Crippen molar-refractivity contribution >= 4 is 29.3 Å². The SMILES string of the molecule is O=C1CCC(N2C(=O)c3cccc(N4CC5CCC(C4)N5)c3C2=O)C(=O)N1. The molecule has 3 fully saturated rings. The number of nitrogens with one attached hydrogen (secondary N) is 2. The molecule has 1 aromatic rings. The highest BCUT2D eigenvalue weighted by Crippen LogP contribution is 2.36. The zero-order chi connectivity index (χ0) is 18.7. The number of carbonyl (C=O) groups is 4. The number of benzene rings is 1. The van der Waals surface area contributed by atoms with Crippen LogP contribution in [-0.4, -0.2) is 59.7 Å². The largest absolute Gasteiger partial charge is 0.368 e. The van der Waals surface area contributed by atoms with Crippen molar-refractivity contribution in [3.8, 4) is 0 Å². The lowest BCUT2D eigenvalue weighted by atomic mass is 10.0. The summed E-state index contributed by atoms with van der Waals surface area (Å²) in [4.78, 5) is 52.9. The molecule has 0 aromatic heterocycles. The van der Waals surface area contributed by atoms with E-state index in [4.69, 9.17) is 0 Å². The smallest absolute Gasteiger partial charge is 0.264 e. The van der Waals surface area contributed by atoms with Gasteiger partial charge in [-0.1, -0.05) is 6.07 Å². The quantitative estimate of drug-likeness (QED) is 0.715. The number of hydrogen-bond donors (Lipinski definition) is 2. The Morgan fingerprint density at radius 2 is 1.67 bits per heavy atom. The maximum atomic E-state index is 13.2. The van der Waals surface area contributed by atoms with Crippen molar-refractivity contribution in [2.75, 3.05) is 18.0 Å². The number of piperidine rings is 1. The Hall–Kier alpha value is -2.74. The molecule has 4 amide bonds. The number of anilines is 1. The molecule has 1 aromatic carbocycles. The predicted octanol–water partition coefficient (Wildman–Crippen LogP) is 0.0284. The molecular formula is C19H20N4O4. The highest BCUT2D eigenvalue weighted by atomic mass is 16.2. The van der Waals surface area contributed by atoms with Crippen LogP contribution in [0.25, 0.3) is 0 Å². The molecule has 0 spiro atoms. The van der Waals surface area contributed by atoms with E-state index in [-0.39, 0.29) is 18.7 Å². The van der Waals surface area contributed by atoms with E-state index < -0.39 is 23.8 Å². The van der Waals surface area contributed by atoms with Crippen LogP contribution in [0.15, 0.2) is 18.2 Å². The standard InChI is InChI=1S/C19H20N4O4/c24-15-7-6-14(17(25)21-15)23-18(26)12-2-1-3-13(16(12)19(23)27)22-8-10-4-5-11(9-22)20-10/h1-3,10-11,14,20H,4-9H2,(H,21,24,25). The number of nitrogens with zero attached hydrogens (tertiary/aromatic N) is 2. The third-order valence-electron chi connectivity index (χ3n) is 6.00. The van der Waals surface area contributed by atoms with Gasteiger partial charge >= 0.3 is 0 Å². The molecule has 2 N–H and O–H groups in total. The molecule has 2 bridgehead atoms. The van der Waals surface area contributed by atoms with Crippen LogP contribution in [-0.2, 0) is 9.59 Å². The maximum absolute atomic E-state index is 13.2. The lowest BCUT2D eigenvalue weighted by Crippen LogP contribution is -2.54. The summed E-state index contributed by atoms with van der Waals surface area (Å²) < 4.78 is 0. The van der Waals surface area contributed by atoms with Gasteiger partial charge < -0.3 is 10.2 Å². The van der Waals surface area contributed by atoms with E-state index in [1.165, 1.54) is 0 Å². The molecule has 8 nitrogen and oxygen atoms in total. The van der Waals surface area contributed by atoms with Gasteiger partial charge in [0.2, 0.25) is 11.8 Å². The maximum Gasteiger partial charge on any atom is 0.264 e. The molecule has 3 saturated heterocycles. The van der Waals surface area contributed by atoms with E-state index in [0.29, 0.717) is 23.2 Å². The monoisotopic (exact) mass is 368 g/mol. The van der Waals surface area contributed by atoms with Crippen LogP contribution in [0.3, 0.4) is 0 Å². The average Bonchev–Trinajstić information content (AvgIpc) is 3.12. The number of fused-ring (bicyclic) bond motifs is 3. The van der Waals surface area contributed by atoms with E-state index in [1.54, 1.807) is 12.1 Å². The van der Waals surface area contributed by atoms with Gasteiger partial charge in [-0.15, -0.1) is 0 Å². The number of amides is 4. The van der Waals surface area contributed by atoms with E-state index in [1.807, 2.05) is 6.07 Å². The van der Waals surface area contributed by atoms with Crippen LogP contribution in [0.1, 0.15) is 46.4 Å². The third-order valence-corrected chi connectivity index (χ3v) is 6.00. The summed E-state index contributed by atoms with van der Waals surface area (Å²) in [5, 5.41) is 5.79. The fraction of sp³-hybridized carbons (Fsp3) is 0.474. The molecule has 0 saturated carbocycles. The summed E-state index contributed by atoms with van der Waals surface area (Å²) in [5.41, 5.74) is 1.49. The summed E-state index contributed by atoms with van der Waals surface area (Å²) in [6.45, 7) is 1.60. The van der Waals surface area contributed by atoms with E-state index in [2.05, 4.69) is 15.5 Å². The first-order chi connectivity index (χ1) is 13.0. The van der Waals surface area contributed by atoms with Crippen LogP contribution in [0.4, 0.5) is 5.69 Å². The van der Waals surface area contributed by atoms with Crippen LogP contribution < -0.4 is 15.5 Å². The summed E-state index contributed by atoms with van der Waals surface area (Å²) in [6, 6.07) is 5.18. The van der Waals surface area contributed by atoms with E-state index in [0.717, 1.165) is 36.5 Å². The lowest BCUT2D eigenvalue weighted by Gasteiger charge is -2.35. The molecule has 27 heavy (non-hydrogen) atoms. The molecule has 8 heteroatoms. The molecular weight excluding hydrogens is 348 g/mol. The lowest BCUT2D eigenvalue weighted by molar-refractivity contribution is -0.136. The second-order valence-corrected chi connectivity index (χ2v) is 7.69. The van der Waals surface area contributed by atoms with Gasteiger partial charge in [-0.3, -0.25) is 29.4 Å². The van der Waals surface area contributed by atoms with E-state index in [9.17, 15) is 19.2 Å². The number of rotatable bonds is 2. The summed E-state index contributed by atoms with van der Waals surface area (Å²) >= 11 is 0. The first kappa shape index (κ1) is 16.4. The average molecular weight is 368 g/mol. The molecule has 5 rings (SSSR count). The zero-order valence-electron chi connectivity index (χ0n) is 14.7. The molecule has 4 aliphatic rings. The van der Waals surface area contributed by atoms with Crippen LogP contribution >= 0.6 is 0 Å².